The first-order valence-electron chi connectivity index (χ1n) is 9.21. The van der Waals surface area contributed by atoms with Gasteiger partial charge in [0.1, 0.15) is 16.5 Å². The molecule has 0 aromatic heterocycles. The maximum atomic E-state index is 12.8. The largest absolute Gasteiger partial charge is 0.357 e. The summed E-state index contributed by atoms with van der Waals surface area (Å²) in [6, 6.07) is 7.88. The summed E-state index contributed by atoms with van der Waals surface area (Å²) < 4.78 is 14.8. The second kappa shape index (κ2) is 9.28. The van der Waals surface area contributed by atoms with Gasteiger partial charge in [0.25, 0.3) is 0 Å². The Labute approximate surface area is 158 Å². The van der Waals surface area contributed by atoms with E-state index in [0.29, 0.717) is 38.8 Å². The van der Waals surface area contributed by atoms with Gasteiger partial charge < -0.3 is 10.6 Å². The molecular weight excluding hydrogens is 350 g/mol. The molecule has 1 aromatic carbocycles. The summed E-state index contributed by atoms with van der Waals surface area (Å²) in [7, 11) is 0.390. The molecule has 7 heteroatoms. The molecule has 1 saturated heterocycles. The number of amides is 2. The lowest BCUT2D eigenvalue weighted by Crippen LogP contribution is -2.62. The molecule has 0 saturated carbocycles. The quantitative estimate of drug-likeness (QED) is 0.674. The van der Waals surface area contributed by atoms with Crippen LogP contribution in [0, 0.1) is 5.92 Å². The van der Waals surface area contributed by atoms with Gasteiger partial charge in [-0.25, -0.2) is 8.51 Å². The Hall–Kier alpha value is -1.73. The summed E-state index contributed by atoms with van der Waals surface area (Å²) in [6.45, 7) is 5.26. The monoisotopic (exact) mass is 379 g/mol. The second-order valence-corrected chi connectivity index (χ2v) is 8.10. The van der Waals surface area contributed by atoms with Gasteiger partial charge in [-0.05, 0) is 49.3 Å². The van der Waals surface area contributed by atoms with Gasteiger partial charge >= 0.3 is 0 Å². The number of nitrogens with zero attached hydrogens (tertiary/aromatic N) is 1. The van der Waals surface area contributed by atoms with Crippen LogP contribution in [-0.4, -0.2) is 46.5 Å². The molecule has 26 heavy (non-hydrogen) atoms. The SMILES string of the molecule is CCc1ccc(S(=O)N2CCC(C(CC)(NC=O)C(=O)NC)CC2)cc1. The van der Waals surface area contributed by atoms with E-state index in [-0.39, 0.29) is 11.8 Å². The molecule has 0 radical (unpaired) electrons. The zero-order chi connectivity index (χ0) is 19.2. The van der Waals surface area contributed by atoms with E-state index in [1.54, 1.807) is 7.05 Å². The topological polar surface area (TPSA) is 78.5 Å². The Kier molecular flexibility index (Phi) is 7.34. The molecule has 144 valence electrons. The second-order valence-electron chi connectivity index (χ2n) is 6.62. The number of hydrogen-bond donors (Lipinski definition) is 2. The van der Waals surface area contributed by atoms with Crippen molar-refractivity contribution in [1.29, 1.82) is 0 Å². The summed E-state index contributed by atoms with van der Waals surface area (Å²) in [6.07, 6.45) is 3.51. The van der Waals surface area contributed by atoms with Crippen molar-refractivity contribution in [2.24, 2.45) is 5.92 Å². The van der Waals surface area contributed by atoms with E-state index in [1.165, 1.54) is 5.56 Å². The number of likely N-dealkylation sites (N-methyl/N-ethyl adjacent to an activating group) is 1. The van der Waals surface area contributed by atoms with Crippen molar-refractivity contribution in [3.05, 3.63) is 29.8 Å². The third kappa shape index (κ3) is 4.15. The Morgan fingerprint density at radius 1 is 1.27 bits per heavy atom. The lowest BCUT2D eigenvalue weighted by Gasteiger charge is -2.42. The van der Waals surface area contributed by atoms with E-state index in [0.717, 1.165) is 11.3 Å². The third-order valence-electron chi connectivity index (χ3n) is 5.43. The van der Waals surface area contributed by atoms with E-state index in [9.17, 15) is 13.8 Å². The highest BCUT2D eigenvalue weighted by molar-refractivity contribution is 7.82. The molecule has 2 rings (SSSR count). The fourth-order valence-electron chi connectivity index (χ4n) is 3.75. The molecule has 1 heterocycles. The molecule has 1 aromatic rings. The number of aryl methyl sites for hydroxylation is 1. The van der Waals surface area contributed by atoms with Gasteiger partial charge in [0, 0.05) is 20.1 Å². The fourth-order valence-corrected chi connectivity index (χ4v) is 4.96. The van der Waals surface area contributed by atoms with Crippen molar-refractivity contribution >= 4 is 23.3 Å². The predicted molar refractivity (Wildman–Crippen MR) is 103 cm³/mol. The summed E-state index contributed by atoms with van der Waals surface area (Å²) >= 11 is 0. The molecule has 2 N–H and O–H groups in total. The van der Waals surface area contributed by atoms with E-state index in [1.807, 2.05) is 35.5 Å². The van der Waals surface area contributed by atoms with Gasteiger partial charge in [0.15, 0.2) is 0 Å². The van der Waals surface area contributed by atoms with Crippen molar-refractivity contribution < 1.29 is 13.8 Å². The van der Waals surface area contributed by atoms with Crippen molar-refractivity contribution in [2.45, 2.75) is 50.0 Å². The molecule has 0 spiro atoms. The number of carbonyl (C=O) groups excluding carboxylic acids is 2. The van der Waals surface area contributed by atoms with Gasteiger partial charge in [-0.1, -0.05) is 26.0 Å². The Bertz CT molecular complexity index is 642. The van der Waals surface area contributed by atoms with Crippen molar-refractivity contribution in [1.82, 2.24) is 14.9 Å². The average molecular weight is 380 g/mol. The van der Waals surface area contributed by atoms with Gasteiger partial charge in [-0.15, -0.1) is 0 Å². The van der Waals surface area contributed by atoms with Crippen LogP contribution in [0.2, 0.25) is 0 Å². The van der Waals surface area contributed by atoms with Crippen LogP contribution in [0.25, 0.3) is 0 Å². The minimum Gasteiger partial charge on any atom is -0.357 e. The van der Waals surface area contributed by atoms with E-state index < -0.39 is 16.5 Å². The molecule has 1 aliphatic heterocycles. The van der Waals surface area contributed by atoms with Crippen molar-refractivity contribution in [3.63, 3.8) is 0 Å². The summed E-state index contributed by atoms with van der Waals surface area (Å²) in [5.41, 5.74) is 0.329. The number of piperidine rings is 1. The summed E-state index contributed by atoms with van der Waals surface area (Å²) in [5, 5.41) is 5.44. The van der Waals surface area contributed by atoms with Crippen LogP contribution in [0.5, 0.6) is 0 Å². The normalized spacial score (nSPS) is 19.3. The highest BCUT2D eigenvalue weighted by Gasteiger charge is 2.45. The maximum Gasteiger partial charge on any atom is 0.245 e. The Balaban J connectivity index is 2.07. The molecule has 2 amide bonds. The van der Waals surface area contributed by atoms with Crippen LogP contribution in [0.3, 0.4) is 0 Å². The van der Waals surface area contributed by atoms with Crippen molar-refractivity contribution in [3.8, 4) is 0 Å². The number of carbonyl (C=O) groups is 2. The summed E-state index contributed by atoms with van der Waals surface area (Å²) in [5.74, 6) is -0.143. The molecule has 0 bridgehead atoms. The van der Waals surface area contributed by atoms with Crippen molar-refractivity contribution in [2.75, 3.05) is 20.1 Å². The first kappa shape index (κ1) is 20.6. The lowest BCUT2D eigenvalue weighted by atomic mass is 9.75. The Morgan fingerprint density at radius 2 is 1.88 bits per heavy atom. The summed E-state index contributed by atoms with van der Waals surface area (Å²) in [4.78, 5) is 24.4. The smallest absolute Gasteiger partial charge is 0.245 e. The third-order valence-corrected chi connectivity index (χ3v) is 6.93. The highest BCUT2D eigenvalue weighted by atomic mass is 32.2. The van der Waals surface area contributed by atoms with Crippen LogP contribution in [0.4, 0.5) is 0 Å². The van der Waals surface area contributed by atoms with Gasteiger partial charge in [-0.3, -0.25) is 9.59 Å². The molecule has 6 nitrogen and oxygen atoms in total. The number of hydrogen-bond acceptors (Lipinski definition) is 3. The number of rotatable bonds is 8. The predicted octanol–water partition coefficient (Wildman–Crippen LogP) is 1.62. The Morgan fingerprint density at radius 3 is 2.35 bits per heavy atom. The first-order valence-corrected chi connectivity index (χ1v) is 10.3. The van der Waals surface area contributed by atoms with Gasteiger partial charge in [0.2, 0.25) is 12.3 Å². The van der Waals surface area contributed by atoms with Crippen LogP contribution in [0.1, 0.15) is 38.7 Å². The lowest BCUT2D eigenvalue weighted by molar-refractivity contribution is -0.133. The maximum absolute atomic E-state index is 12.8. The number of benzene rings is 1. The van der Waals surface area contributed by atoms with Crippen LogP contribution >= 0.6 is 0 Å². The van der Waals surface area contributed by atoms with Gasteiger partial charge in [-0.2, -0.15) is 0 Å². The van der Waals surface area contributed by atoms with E-state index in [4.69, 9.17) is 0 Å². The molecule has 0 aliphatic carbocycles. The first-order chi connectivity index (χ1) is 12.5. The molecule has 1 aliphatic rings. The zero-order valence-corrected chi connectivity index (χ0v) is 16.6. The van der Waals surface area contributed by atoms with E-state index >= 15 is 0 Å². The fraction of sp³-hybridized carbons (Fsp3) is 0.579. The number of nitrogens with one attached hydrogen (secondary N) is 2. The molecule has 2 unspecified atom stereocenters. The van der Waals surface area contributed by atoms with Crippen LogP contribution in [-0.2, 0) is 27.0 Å². The minimum atomic E-state index is -1.20. The minimum absolute atomic E-state index is 0.0216. The molecular formula is C19H29N3O3S. The highest BCUT2D eigenvalue weighted by Crippen LogP contribution is 2.32. The van der Waals surface area contributed by atoms with E-state index in [2.05, 4.69) is 17.6 Å². The average Bonchev–Trinajstić information content (AvgIpc) is 2.71. The van der Waals surface area contributed by atoms with Crippen LogP contribution < -0.4 is 10.6 Å². The zero-order valence-electron chi connectivity index (χ0n) is 15.8. The standard InChI is InChI=1S/C19H29N3O3S/c1-4-15-6-8-17(9-7-15)26(25)22-12-10-16(11-13-22)19(5-2,21-14-23)18(24)20-3/h6-9,14,16H,4-5,10-13H2,1-3H3,(H,20,24)(H,21,23). The molecule has 1 fully saturated rings. The van der Waals surface area contributed by atoms with Gasteiger partial charge in [0.05, 0.1) is 4.90 Å². The van der Waals surface area contributed by atoms with Crippen LogP contribution in [0.15, 0.2) is 29.2 Å². The molecule has 2 atom stereocenters.